The Hall–Kier alpha value is -7.94. The van der Waals surface area contributed by atoms with Crippen LogP contribution in [0.2, 0.25) is 0 Å². The Kier molecular flexibility index (Phi) is 32.1. The number of carbonyl (C=O) groups is 12. The molecule has 27 heteroatoms. The monoisotopic (exact) mass is 1390 g/mol. The number of piperidine rings is 1. The molecule has 1 saturated carbocycles. The maximum absolute atomic E-state index is 15.4. The minimum Gasteiger partial charge on any atom is -0.391 e. The third kappa shape index (κ3) is 23.1. The van der Waals surface area contributed by atoms with E-state index < -0.39 is 150 Å². The summed E-state index contributed by atoms with van der Waals surface area (Å²) >= 11 is 0. The van der Waals surface area contributed by atoms with Crippen molar-refractivity contribution < 1.29 is 71.4 Å². The average Bonchev–Trinajstić information content (AvgIpc) is 1.62. The lowest BCUT2D eigenvalue weighted by Gasteiger charge is -2.37. The summed E-state index contributed by atoms with van der Waals surface area (Å²) in [6.45, 7) is 18.8. The number of halogens is 2. The lowest BCUT2D eigenvalue weighted by atomic mass is 9.95. The lowest BCUT2D eigenvalue weighted by molar-refractivity contribution is -0.151. The standard InChI is InChI=1S/C72H112F2N12O13/c1-19-46(10)72(39-56(72)88)79-65(93)54(36-44(6)7)82(15)57(89)40-81(14)70(98)60(71(99)86-32-24-21-25-33-86)78-66(94)61(45(8)9)85(18)67(95)52(37-49-28-30-50(31-29-49)62(73)74)76-64(92)53(35-43(4)5)84(17)68(96)55(38-48-26-22-20-23-27-48)83(16)58(90)41-80(13)69(97)59(47(11)87)77-63(91)51(75-12)34-42(2)3/h20,22-23,26-31,42-47,51-55,59-62,75,87H,19,21,24-25,32-41H2,1-18H3,(H,76,92)(H,77,91)(H,78,94)(H,79,93)/t46-,47+,51-,52-,53-,54-,55-,59-,60-,61-,72?/m0/s1. The fourth-order valence-corrected chi connectivity index (χ4v) is 12.6. The van der Waals surface area contributed by atoms with Crippen molar-refractivity contribution in [1.29, 1.82) is 0 Å². The number of amides is 11. The molecular weight excluding hydrogens is 1280 g/mol. The van der Waals surface area contributed by atoms with Gasteiger partial charge in [-0.15, -0.1) is 0 Å². The zero-order valence-electron chi connectivity index (χ0n) is 61.5. The van der Waals surface area contributed by atoms with Gasteiger partial charge in [0.1, 0.15) is 41.8 Å². The van der Waals surface area contributed by atoms with Crippen LogP contribution in [0.4, 0.5) is 8.78 Å². The predicted octanol–water partition coefficient (Wildman–Crippen LogP) is 3.74. The molecule has 99 heavy (non-hydrogen) atoms. The topological polar surface area (TPSA) is 308 Å². The molecule has 2 aromatic rings. The van der Waals surface area contributed by atoms with Crippen LogP contribution in [0.1, 0.15) is 151 Å². The smallest absolute Gasteiger partial charge is 0.263 e. The molecule has 552 valence electrons. The number of ketones is 1. The molecule has 6 N–H and O–H groups in total. The summed E-state index contributed by atoms with van der Waals surface area (Å²) in [6.07, 6.45) is -1.16. The summed E-state index contributed by atoms with van der Waals surface area (Å²) in [5.41, 5.74) is -0.418. The number of aliphatic hydroxyl groups excluding tert-OH is 1. The Morgan fingerprint density at radius 3 is 1.54 bits per heavy atom. The van der Waals surface area contributed by atoms with Crippen LogP contribution < -0.4 is 26.6 Å². The van der Waals surface area contributed by atoms with Crippen molar-refractivity contribution in [2.24, 2.45) is 29.6 Å². The van der Waals surface area contributed by atoms with Gasteiger partial charge in [0, 0.05) is 80.2 Å². The van der Waals surface area contributed by atoms with Gasteiger partial charge in [-0.1, -0.05) is 130 Å². The zero-order chi connectivity index (χ0) is 74.7. The van der Waals surface area contributed by atoms with Crippen molar-refractivity contribution in [2.45, 2.75) is 207 Å². The van der Waals surface area contributed by atoms with Crippen LogP contribution in [-0.4, -0.2) is 246 Å². The van der Waals surface area contributed by atoms with E-state index in [0.717, 1.165) is 26.0 Å². The van der Waals surface area contributed by atoms with E-state index in [9.17, 15) is 52.2 Å². The van der Waals surface area contributed by atoms with Gasteiger partial charge in [0.2, 0.25) is 53.2 Å². The second-order valence-corrected chi connectivity index (χ2v) is 28.7. The molecule has 1 unspecified atom stereocenters. The van der Waals surface area contributed by atoms with Crippen LogP contribution in [0, 0.1) is 29.6 Å². The normalized spacial score (nSPS) is 17.6. The largest absolute Gasteiger partial charge is 0.391 e. The van der Waals surface area contributed by atoms with Crippen LogP contribution in [-0.2, 0) is 70.4 Å². The molecular formula is C72H112F2N12O13. The number of hydrogen-bond acceptors (Lipinski definition) is 14. The van der Waals surface area contributed by atoms with Gasteiger partial charge in [-0.05, 0) is 93.2 Å². The zero-order valence-corrected chi connectivity index (χ0v) is 61.5. The van der Waals surface area contributed by atoms with E-state index in [1.165, 1.54) is 88.2 Å². The molecule has 1 saturated heterocycles. The van der Waals surface area contributed by atoms with E-state index in [1.807, 2.05) is 41.5 Å². The second kappa shape index (κ2) is 38.0. The van der Waals surface area contributed by atoms with Crippen LogP contribution >= 0.6 is 0 Å². The summed E-state index contributed by atoms with van der Waals surface area (Å²) in [5, 5.41) is 24.6. The van der Waals surface area contributed by atoms with E-state index >= 15 is 19.2 Å². The van der Waals surface area contributed by atoms with Gasteiger partial charge >= 0.3 is 0 Å². The number of likely N-dealkylation sites (N-methyl/N-ethyl adjacent to an activating group) is 7. The van der Waals surface area contributed by atoms with E-state index in [4.69, 9.17) is 0 Å². The average molecular weight is 1390 g/mol. The first-order valence-electron chi connectivity index (χ1n) is 34.7. The van der Waals surface area contributed by atoms with E-state index in [0.29, 0.717) is 36.8 Å². The Balaban J connectivity index is 1.70. The Morgan fingerprint density at radius 1 is 0.556 bits per heavy atom. The number of nitrogens with one attached hydrogen (secondary N) is 5. The molecule has 1 aliphatic heterocycles. The number of Topliss-reactive ketones (excluding diaryl/α,β-unsaturated/α-hetero) is 1. The molecule has 0 aromatic heterocycles. The quantitative estimate of drug-likeness (QED) is 0.0526. The fourth-order valence-electron chi connectivity index (χ4n) is 12.6. The summed E-state index contributed by atoms with van der Waals surface area (Å²) in [6, 6.07) is 3.00. The minimum absolute atomic E-state index is 0.00174. The van der Waals surface area contributed by atoms with Crippen LogP contribution in [0.3, 0.4) is 0 Å². The predicted molar refractivity (Wildman–Crippen MR) is 371 cm³/mol. The first-order chi connectivity index (χ1) is 46.3. The second-order valence-electron chi connectivity index (χ2n) is 28.7. The van der Waals surface area contributed by atoms with Gasteiger partial charge in [-0.25, -0.2) is 8.78 Å². The van der Waals surface area contributed by atoms with Crippen molar-refractivity contribution in [3.8, 4) is 0 Å². The van der Waals surface area contributed by atoms with Crippen LogP contribution in [0.15, 0.2) is 54.6 Å². The maximum atomic E-state index is 15.4. The van der Waals surface area contributed by atoms with Crippen LogP contribution in [0.25, 0.3) is 0 Å². The van der Waals surface area contributed by atoms with Crippen molar-refractivity contribution >= 4 is 70.8 Å². The fraction of sp³-hybridized carbons (Fsp3) is 0.667. The molecule has 0 radical (unpaired) electrons. The molecule has 2 aromatic carbocycles. The molecule has 25 nitrogen and oxygen atoms in total. The first kappa shape index (κ1) is 83.5. The molecule has 0 spiro atoms. The number of benzene rings is 2. The van der Waals surface area contributed by atoms with E-state index in [2.05, 4.69) is 26.6 Å². The molecule has 11 amide bonds. The molecule has 2 fully saturated rings. The van der Waals surface area contributed by atoms with Gasteiger partial charge in [0.15, 0.2) is 11.8 Å². The van der Waals surface area contributed by atoms with E-state index in [1.54, 1.807) is 65.1 Å². The number of rotatable bonds is 37. The molecule has 1 heterocycles. The van der Waals surface area contributed by atoms with Gasteiger partial charge in [-0.2, -0.15) is 0 Å². The van der Waals surface area contributed by atoms with Gasteiger partial charge in [-0.3, -0.25) is 57.5 Å². The number of nitrogens with zero attached hydrogens (tertiary/aromatic N) is 7. The Morgan fingerprint density at radius 2 is 1.06 bits per heavy atom. The van der Waals surface area contributed by atoms with Crippen molar-refractivity contribution in [3.63, 3.8) is 0 Å². The highest BCUT2D eigenvalue weighted by molar-refractivity contribution is 6.10. The summed E-state index contributed by atoms with van der Waals surface area (Å²) in [5.74, 6) is -9.63. The lowest BCUT2D eigenvalue weighted by Crippen LogP contribution is -2.63. The maximum Gasteiger partial charge on any atom is 0.263 e. The number of carbonyl (C=O) groups excluding carboxylic acids is 12. The number of aliphatic hydroxyl groups is 1. The summed E-state index contributed by atoms with van der Waals surface area (Å²) in [4.78, 5) is 181. The highest BCUT2D eigenvalue weighted by atomic mass is 19.3. The van der Waals surface area contributed by atoms with Gasteiger partial charge in [0.05, 0.1) is 25.2 Å². The number of alkyl halides is 2. The molecule has 0 bridgehead atoms. The molecule has 11 atom stereocenters. The van der Waals surface area contributed by atoms with Crippen molar-refractivity contribution in [1.82, 2.24) is 60.9 Å². The highest BCUT2D eigenvalue weighted by Gasteiger charge is 2.58. The van der Waals surface area contributed by atoms with Gasteiger partial charge < -0.3 is 66.0 Å². The third-order valence-electron chi connectivity index (χ3n) is 19.0. The van der Waals surface area contributed by atoms with Crippen molar-refractivity contribution in [3.05, 3.63) is 71.3 Å². The Bertz CT molecular complexity index is 3110. The third-order valence-corrected chi connectivity index (χ3v) is 19.0. The Labute approximate surface area is 584 Å². The van der Waals surface area contributed by atoms with Gasteiger partial charge in [0.25, 0.3) is 18.2 Å². The summed E-state index contributed by atoms with van der Waals surface area (Å²) < 4.78 is 27.9. The number of hydrogen-bond donors (Lipinski definition) is 6. The molecule has 1 aliphatic carbocycles. The molecule has 4 rings (SSSR count). The molecule has 2 aliphatic rings. The van der Waals surface area contributed by atoms with Crippen molar-refractivity contribution in [2.75, 3.05) is 75.5 Å². The highest BCUT2D eigenvalue weighted by Crippen LogP contribution is 2.40. The SMILES string of the molecule is CC[C@H](C)C1(NC(=O)[C@H](CC(C)C)N(C)C(=O)CN(C)C(=O)[C@H](NC(=O)[C@H](C(C)C)N(C)C(=O)[C@H](Cc2ccc(C(F)F)cc2)NC(=O)[C@H](CC(C)C)N(C)C(=O)[C@H](Cc2ccccc2)N(C)C(=O)CN(C)C(=O)[C@@H](NC(=O)[C@H](CC(C)C)NC)[C@@H](C)O)C(=O)N2CCCCC2)CC1=O. The van der Waals surface area contributed by atoms with Crippen LogP contribution in [0.5, 0.6) is 0 Å². The number of likely N-dealkylation sites (tertiary alicyclic amines) is 1. The summed E-state index contributed by atoms with van der Waals surface area (Å²) in [7, 11) is 9.66. The first-order valence-corrected chi connectivity index (χ1v) is 34.7. The van der Waals surface area contributed by atoms with E-state index in [-0.39, 0.29) is 80.2 Å². The minimum atomic E-state index is -2.84.